The first-order valence-corrected chi connectivity index (χ1v) is 18.9. The summed E-state index contributed by atoms with van der Waals surface area (Å²) in [4.78, 5) is 25.2. The molecule has 270 valence electrons. The topological polar surface area (TPSA) is 132 Å². The number of esters is 1. The number of methoxy groups -OCH3 is 1. The molecule has 1 aliphatic heterocycles. The number of hydrogen-bond donors (Lipinski definition) is 3. The van der Waals surface area contributed by atoms with Gasteiger partial charge in [-0.15, -0.1) is 10.2 Å². The summed E-state index contributed by atoms with van der Waals surface area (Å²) < 4.78 is 19.1. The van der Waals surface area contributed by atoms with Crippen LogP contribution in [-0.2, 0) is 38.6 Å². The number of amides is 2. The summed E-state index contributed by atoms with van der Waals surface area (Å²) in [6, 6.07) is 32.2. The Labute approximate surface area is 311 Å². The highest BCUT2D eigenvalue weighted by molar-refractivity contribution is 8.01. The number of carbonyl (C=O) groups is 2. The first-order chi connectivity index (χ1) is 25.3. The Balaban J connectivity index is 1.12. The van der Waals surface area contributed by atoms with Gasteiger partial charge >= 0.3 is 12.0 Å². The molecule has 0 aliphatic carbocycles. The van der Waals surface area contributed by atoms with Gasteiger partial charge in [0.05, 0.1) is 25.9 Å². The summed E-state index contributed by atoms with van der Waals surface area (Å²) >= 11 is 3.22. The molecule has 0 radical (unpaired) electrons. The zero-order valence-corrected chi connectivity index (χ0v) is 30.9. The number of carbonyl (C=O) groups excluding carboxylic acids is 2. The van der Waals surface area contributed by atoms with E-state index in [1.54, 1.807) is 23.1 Å². The number of aromatic nitrogens is 2. The Morgan fingerprint density at radius 3 is 2.31 bits per heavy atom. The van der Waals surface area contributed by atoms with Crippen molar-refractivity contribution in [3.05, 3.63) is 136 Å². The van der Waals surface area contributed by atoms with Crippen molar-refractivity contribution >= 4 is 35.1 Å². The van der Waals surface area contributed by atoms with E-state index in [4.69, 9.17) is 14.2 Å². The summed E-state index contributed by atoms with van der Waals surface area (Å²) in [5.41, 5.74) is 6.60. The molecule has 2 amide bonds. The maximum absolute atomic E-state index is 12.8. The van der Waals surface area contributed by atoms with Gasteiger partial charge in [0, 0.05) is 30.2 Å². The molecule has 0 spiro atoms. The molecule has 1 aliphatic rings. The van der Waals surface area contributed by atoms with E-state index in [9.17, 15) is 14.7 Å². The van der Waals surface area contributed by atoms with Crippen molar-refractivity contribution < 1.29 is 28.9 Å². The van der Waals surface area contributed by atoms with Crippen molar-refractivity contribution in [2.24, 2.45) is 5.92 Å². The van der Waals surface area contributed by atoms with E-state index in [0.29, 0.717) is 12.2 Å². The SMILES string of the molecule is COC(=O)C(Cc1ccccc1)NC(=O)NCc1cccc(-c2ccc(C3OC(CSc4nnc(C)s4)C(C)C(c4ccc(CO)cc4)O3)cc2)c1. The van der Waals surface area contributed by atoms with Crippen LogP contribution in [0.1, 0.15) is 52.1 Å². The molecule has 5 aromatic rings. The van der Waals surface area contributed by atoms with Crippen LogP contribution in [0.4, 0.5) is 4.79 Å². The van der Waals surface area contributed by atoms with Gasteiger partial charge in [-0.05, 0) is 46.4 Å². The lowest BCUT2D eigenvalue weighted by atomic mass is 9.91. The molecule has 1 aromatic heterocycles. The Morgan fingerprint density at radius 2 is 1.62 bits per heavy atom. The van der Waals surface area contributed by atoms with Crippen LogP contribution in [0, 0.1) is 12.8 Å². The zero-order chi connectivity index (χ0) is 36.5. The fourth-order valence-corrected chi connectivity index (χ4v) is 8.08. The van der Waals surface area contributed by atoms with Crippen LogP contribution in [-0.4, -0.2) is 52.3 Å². The number of nitrogens with one attached hydrogen (secondary N) is 2. The third-order valence-corrected chi connectivity index (χ3v) is 11.0. The predicted octanol–water partition coefficient (Wildman–Crippen LogP) is 7.17. The van der Waals surface area contributed by atoms with Gasteiger partial charge in [-0.1, -0.05) is 127 Å². The minimum atomic E-state index is -0.812. The summed E-state index contributed by atoms with van der Waals surface area (Å²) in [5, 5.41) is 24.5. The van der Waals surface area contributed by atoms with Crippen molar-refractivity contribution in [2.75, 3.05) is 12.9 Å². The number of aliphatic hydroxyl groups excluding tert-OH is 1. The fraction of sp³-hybridized carbons (Fsp3) is 0.300. The molecule has 6 rings (SSSR count). The largest absolute Gasteiger partial charge is 0.467 e. The molecule has 0 bridgehead atoms. The van der Waals surface area contributed by atoms with E-state index in [1.165, 1.54) is 7.11 Å². The van der Waals surface area contributed by atoms with Gasteiger partial charge in [-0.2, -0.15) is 0 Å². The maximum Gasteiger partial charge on any atom is 0.328 e. The molecule has 3 N–H and O–H groups in total. The van der Waals surface area contributed by atoms with Crippen LogP contribution in [0.2, 0.25) is 0 Å². The van der Waals surface area contributed by atoms with Crippen LogP contribution in [0.25, 0.3) is 11.1 Å². The molecule has 4 aromatic carbocycles. The highest BCUT2D eigenvalue weighted by Gasteiger charge is 2.38. The molecule has 5 unspecified atom stereocenters. The molecule has 0 saturated carbocycles. The van der Waals surface area contributed by atoms with Gasteiger partial charge in [0.2, 0.25) is 0 Å². The third kappa shape index (κ3) is 9.64. The molecule has 1 saturated heterocycles. The number of nitrogens with zero attached hydrogens (tertiary/aromatic N) is 2. The highest BCUT2D eigenvalue weighted by Crippen LogP contribution is 2.43. The summed E-state index contributed by atoms with van der Waals surface area (Å²) in [5.74, 6) is 0.257. The summed E-state index contributed by atoms with van der Waals surface area (Å²) in [6.07, 6.45) is -0.586. The van der Waals surface area contributed by atoms with Gasteiger partial charge in [0.15, 0.2) is 10.6 Å². The number of ether oxygens (including phenoxy) is 3. The standard InChI is InChI=1S/C40H42N4O6S2/c1-25-35(24-51-40-44-43-26(2)52-40)49-38(50-36(25)31-14-12-28(23-45)13-15-31)32-18-16-30(17-19-32)33-11-7-10-29(20-33)22-41-39(47)42-34(37(46)48-3)21-27-8-5-4-6-9-27/h4-20,25,34-36,38,45H,21-24H2,1-3H3,(H2,41,42,47). The van der Waals surface area contributed by atoms with Crippen LogP contribution in [0.15, 0.2) is 107 Å². The second-order valence-electron chi connectivity index (χ2n) is 12.6. The van der Waals surface area contributed by atoms with Crippen molar-refractivity contribution in [1.29, 1.82) is 0 Å². The van der Waals surface area contributed by atoms with Gasteiger partial charge in [-0.25, -0.2) is 9.59 Å². The maximum atomic E-state index is 12.8. The number of aryl methyl sites for hydroxylation is 1. The van der Waals surface area contributed by atoms with E-state index in [2.05, 4.69) is 27.8 Å². The molecule has 2 heterocycles. The number of urea groups is 1. The Kier molecular flexibility index (Phi) is 12.7. The molecule has 1 fully saturated rings. The molecule has 52 heavy (non-hydrogen) atoms. The van der Waals surface area contributed by atoms with E-state index >= 15 is 0 Å². The quantitative estimate of drug-likeness (QED) is 0.0850. The van der Waals surface area contributed by atoms with E-state index in [0.717, 1.165) is 48.3 Å². The smallest absolute Gasteiger partial charge is 0.328 e. The highest BCUT2D eigenvalue weighted by atomic mass is 32.2. The predicted molar refractivity (Wildman–Crippen MR) is 202 cm³/mol. The van der Waals surface area contributed by atoms with Crippen LogP contribution in [0.3, 0.4) is 0 Å². The lowest BCUT2D eigenvalue weighted by Crippen LogP contribution is -2.47. The molecular weight excluding hydrogens is 697 g/mol. The van der Waals surface area contributed by atoms with Crippen molar-refractivity contribution in [1.82, 2.24) is 20.8 Å². The second-order valence-corrected chi connectivity index (χ2v) is 15.1. The average molecular weight is 739 g/mol. The van der Waals surface area contributed by atoms with Gasteiger partial charge in [0.1, 0.15) is 11.0 Å². The molecule has 12 heteroatoms. The monoisotopic (exact) mass is 738 g/mol. The normalized spacial score (nSPS) is 19.1. The van der Waals surface area contributed by atoms with Crippen LogP contribution in [0.5, 0.6) is 0 Å². The number of rotatable bonds is 13. The third-order valence-electron chi connectivity index (χ3n) is 8.97. The van der Waals surface area contributed by atoms with Crippen LogP contribution < -0.4 is 10.6 Å². The van der Waals surface area contributed by atoms with Crippen molar-refractivity contribution in [3.63, 3.8) is 0 Å². The first kappa shape index (κ1) is 37.2. The lowest BCUT2D eigenvalue weighted by Gasteiger charge is -2.41. The van der Waals surface area contributed by atoms with Crippen molar-refractivity contribution in [3.8, 4) is 11.1 Å². The Bertz CT molecular complexity index is 1920. The number of benzene rings is 4. The van der Waals surface area contributed by atoms with Gasteiger partial charge in [0.25, 0.3) is 0 Å². The Hall–Kier alpha value is -4.59. The lowest BCUT2D eigenvalue weighted by molar-refractivity contribution is -0.268. The molecule has 10 nitrogen and oxygen atoms in total. The first-order valence-electron chi connectivity index (χ1n) is 17.1. The van der Waals surface area contributed by atoms with Crippen LogP contribution >= 0.6 is 23.1 Å². The average Bonchev–Trinajstić information content (AvgIpc) is 3.61. The molecule has 5 atom stereocenters. The summed E-state index contributed by atoms with van der Waals surface area (Å²) in [6.45, 7) is 4.36. The van der Waals surface area contributed by atoms with Crippen molar-refractivity contribution in [2.45, 2.75) is 62.3 Å². The summed E-state index contributed by atoms with van der Waals surface area (Å²) in [7, 11) is 1.31. The van der Waals surface area contributed by atoms with Gasteiger partial charge < -0.3 is 30.0 Å². The second kappa shape index (κ2) is 17.8. The van der Waals surface area contributed by atoms with E-state index < -0.39 is 24.3 Å². The molecular formula is C40H42N4O6S2. The van der Waals surface area contributed by atoms with Gasteiger partial charge in [-0.3, -0.25) is 0 Å². The van der Waals surface area contributed by atoms with E-state index in [1.807, 2.05) is 110 Å². The zero-order valence-electron chi connectivity index (χ0n) is 29.2. The number of thioether (sulfide) groups is 1. The minimum absolute atomic E-state index is 0.0125. The number of hydrogen-bond acceptors (Lipinski definition) is 10. The van der Waals surface area contributed by atoms with E-state index in [-0.39, 0.29) is 31.3 Å². The number of aliphatic hydroxyl groups is 1. The minimum Gasteiger partial charge on any atom is -0.467 e. The Morgan fingerprint density at radius 1 is 0.885 bits per heavy atom. The fourth-order valence-electron chi connectivity index (χ4n) is 6.07.